The number of amides is 2. The summed E-state index contributed by atoms with van der Waals surface area (Å²) in [6.07, 6.45) is 5.85. The summed E-state index contributed by atoms with van der Waals surface area (Å²) in [6, 6.07) is 12.1. The second-order valence-corrected chi connectivity index (χ2v) is 11.3. The Bertz CT molecular complexity index is 1020. The standard InChI is InChI=1S/C27H34Cl2N2O/c1-17(2)18-6-9-21-19(14-18)7-11-24-26(3,12-5-13-27(21,24)4)16-30-25(32)31-20-8-10-22(28)23(29)15-20/h6,8-10,14-15,17,24H,5,7,11-13,16H2,1-4H3,(H2,30,31,32). The molecule has 0 spiro atoms. The molecule has 4 rings (SSSR count). The SMILES string of the molecule is CC(C)c1ccc2c(c1)CCC1C(C)(CNC(=O)Nc3ccc(Cl)c(Cl)c3)CCCC21C. The number of hydrogen-bond donors (Lipinski definition) is 2. The van der Waals surface area contributed by atoms with Gasteiger partial charge in [0.2, 0.25) is 0 Å². The molecule has 3 nitrogen and oxygen atoms in total. The van der Waals surface area contributed by atoms with Crippen molar-refractivity contribution in [3.05, 3.63) is 63.1 Å². The van der Waals surface area contributed by atoms with Crippen LogP contribution in [0.3, 0.4) is 0 Å². The summed E-state index contributed by atoms with van der Waals surface area (Å²) >= 11 is 12.1. The van der Waals surface area contributed by atoms with Gasteiger partial charge in [0.25, 0.3) is 0 Å². The lowest BCUT2D eigenvalue weighted by atomic mass is 9.49. The van der Waals surface area contributed by atoms with E-state index in [1.54, 1.807) is 18.2 Å². The van der Waals surface area contributed by atoms with Gasteiger partial charge in [0.1, 0.15) is 0 Å². The molecule has 0 aromatic heterocycles. The summed E-state index contributed by atoms with van der Waals surface area (Å²) in [6.45, 7) is 10.0. The molecule has 1 fully saturated rings. The Morgan fingerprint density at radius 1 is 1.09 bits per heavy atom. The Morgan fingerprint density at radius 3 is 2.59 bits per heavy atom. The van der Waals surface area contributed by atoms with Gasteiger partial charge in [-0.25, -0.2) is 4.79 Å². The van der Waals surface area contributed by atoms with Crippen LogP contribution in [0.1, 0.15) is 76.0 Å². The van der Waals surface area contributed by atoms with Crippen LogP contribution in [0.15, 0.2) is 36.4 Å². The Labute approximate surface area is 202 Å². The quantitative estimate of drug-likeness (QED) is 0.465. The third-order valence-electron chi connectivity index (χ3n) is 8.00. The highest BCUT2D eigenvalue weighted by Gasteiger charge is 2.51. The van der Waals surface area contributed by atoms with Crippen LogP contribution in [0.2, 0.25) is 10.0 Å². The molecule has 3 unspecified atom stereocenters. The van der Waals surface area contributed by atoms with E-state index in [1.165, 1.54) is 36.0 Å². The van der Waals surface area contributed by atoms with Gasteiger partial charge in [-0.3, -0.25) is 0 Å². The number of fused-ring (bicyclic) bond motifs is 3. The fourth-order valence-corrected chi connectivity index (χ4v) is 6.54. The lowest BCUT2D eigenvalue weighted by Gasteiger charge is -2.55. The number of halogens is 2. The molecule has 2 aromatic rings. The van der Waals surface area contributed by atoms with Crippen molar-refractivity contribution in [3.8, 4) is 0 Å². The van der Waals surface area contributed by atoms with Crippen molar-refractivity contribution in [3.63, 3.8) is 0 Å². The molecule has 2 N–H and O–H groups in total. The van der Waals surface area contributed by atoms with Gasteiger partial charge in [-0.15, -0.1) is 0 Å². The van der Waals surface area contributed by atoms with E-state index >= 15 is 0 Å². The third-order valence-corrected chi connectivity index (χ3v) is 8.74. The minimum absolute atomic E-state index is 0.0659. The molecule has 0 radical (unpaired) electrons. The zero-order chi connectivity index (χ0) is 23.1. The Kier molecular flexibility index (Phi) is 6.53. The third kappa shape index (κ3) is 4.39. The average Bonchev–Trinajstić information content (AvgIpc) is 2.74. The molecule has 0 bridgehead atoms. The average molecular weight is 473 g/mol. The van der Waals surface area contributed by atoms with Crippen molar-refractivity contribution < 1.29 is 4.79 Å². The number of urea groups is 1. The van der Waals surface area contributed by atoms with E-state index in [0.717, 1.165) is 12.8 Å². The lowest BCUT2D eigenvalue weighted by Crippen LogP contribution is -2.53. The molecular weight excluding hydrogens is 439 g/mol. The maximum absolute atomic E-state index is 12.6. The first kappa shape index (κ1) is 23.4. The number of hydrogen-bond acceptors (Lipinski definition) is 1. The lowest BCUT2D eigenvalue weighted by molar-refractivity contribution is 0.0281. The highest BCUT2D eigenvalue weighted by Crippen LogP contribution is 2.57. The molecule has 0 heterocycles. The summed E-state index contributed by atoms with van der Waals surface area (Å²) in [5.41, 5.74) is 5.37. The van der Waals surface area contributed by atoms with Gasteiger partial charge in [-0.2, -0.15) is 0 Å². The van der Waals surface area contributed by atoms with Crippen molar-refractivity contribution >= 4 is 34.9 Å². The van der Waals surface area contributed by atoms with E-state index in [0.29, 0.717) is 34.1 Å². The van der Waals surface area contributed by atoms with Gasteiger partial charge in [0.05, 0.1) is 10.0 Å². The van der Waals surface area contributed by atoms with E-state index in [2.05, 4.69) is 56.5 Å². The minimum Gasteiger partial charge on any atom is -0.337 e. The van der Waals surface area contributed by atoms with Crippen molar-refractivity contribution in [2.75, 3.05) is 11.9 Å². The molecular formula is C27H34Cl2N2O. The molecule has 32 heavy (non-hydrogen) atoms. The highest BCUT2D eigenvalue weighted by molar-refractivity contribution is 6.42. The number of aryl methyl sites for hydroxylation is 1. The first-order valence-electron chi connectivity index (χ1n) is 11.8. The second-order valence-electron chi connectivity index (χ2n) is 10.5. The first-order valence-corrected chi connectivity index (χ1v) is 12.5. The summed E-state index contributed by atoms with van der Waals surface area (Å²) in [5.74, 6) is 1.10. The van der Waals surface area contributed by atoms with Gasteiger partial charge in [0.15, 0.2) is 0 Å². The van der Waals surface area contributed by atoms with Crippen molar-refractivity contribution in [1.82, 2.24) is 5.32 Å². The zero-order valence-electron chi connectivity index (χ0n) is 19.5. The molecule has 5 heteroatoms. The Balaban J connectivity index is 1.49. The van der Waals surface area contributed by atoms with Gasteiger partial charge in [0, 0.05) is 12.2 Å². The van der Waals surface area contributed by atoms with Crippen LogP contribution in [0.25, 0.3) is 0 Å². The van der Waals surface area contributed by atoms with Crippen LogP contribution in [-0.2, 0) is 11.8 Å². The van der Waals surface area contributed by atoms with Gasteiger partial charge >= 0.3 is 6.03 Å². The predicted octanol–water partition coefficient (Wildman–Crippen LogP) is 7.95. The molecule has 2 amide bonds. The fourth-order valence-electron chi connectivity index (χ4n) is 6.25. The maximum atomic E-state index is 12.6. The molecule has 2 aliphatic rings. The minimum atomic E-state index is -0.199. The number of nitrogens with one attached hydrogen (secondary N) is 2. The second kappa shape index (κ2) is 8.91. The summed E-state index contributed by atoms with van der Waals surface area (Å²) in [5, 5.41) is 6.94. The predicted molar refractivity (Wildman–Crippen MR) is 135 cm³/mol. The zero-order valence-corrected chi connectivity index (χ0v) is 21.0. The van der Waals surface area contributed by atoms with E-state index in [4.69, 9.17) is 23.2 Å². The topological polar surface area (TPSA) is 41.1 Å². The molecule has 3 atom stereocenters. The van der Waals surface area contributed by atoms with Crippen LogP contribution >= 0.6 is 23.2 Å². The Morgan fingerprint density at radius 2 is 1.88 bits per heavy atom. The van der Waals surface area contributed by atoms with Crippen LogP contribution in [-0.4, -0.2) is 12.6 Å². The molecule has 2 aliphatic carbocycles. The van der Waals surface area contributed by atoms with Crippen LogP contribution < -0.4 is 10.6 Å². The largest absolute Gasteiger partial charge is 0.337 e. The van der Waals surface area contributed by atoms with Gasteiger partial charge in [-0.1, -0.05) is 75.5 Å². The number of carbonyl (C=O) groups is 1. The van der Waals surface area contributed by atoms with Crippen LogP contribution in [0, 0.1) is 11.3 Å². The first-order chi connectivity index (χ1) is 15.1. The number of carbonyl (C=O) groups excluding carboxylic acids is 1. The molecule has 2 aromatic carbocycles. The molecule has 0 saturated heterocycles. The van der Waals surface area contributed by atoms with Crippen molar-refractivity contribution in [2.24, 2.45) is 11.3 Å². The number of anilines is 1. The van der Waals surface area contributed by atoms with Gasteiger partial charge in [-0.05, 0) is 83.2 Å². The fraction of sp³-hybridized carbons (Fsp3) is 0.519. The summed E-state index contributed by atoms with van der Waals surface area (Å²) in [7, 11) is 0. The highest BCUT2D eigenvalue weighted by atomic mass is 35.5. The summed E-state index contributed by atoms with van der Waals surface area (Å²) in [4.78, 5) is 12.6. The van der Waals surface area contributed by atoms with Gasteiger partial charge < -0.3 is 10.6 Å². The van der Waals surface area contributed by atoms with Crippen molar-refractivity contribution in [2.45, 2.75) is 71.1 Å². The molecule has 172 valence electrons. The van der Waals surface area contributed by atoms with Crippen LogP contribution in [0.5, 0.6) is 0 Å². The van der Waals surface area contributed by atoms with E-state index in [-0.39, 0.29) is 16.9 Å². The Hall–Kier alpha value is -1.71. The number of rotatable bonds is 4. The van der Waals surface area contributed by atoms with E-state index in [1.807, 2.05) is 0 Å². The van der Waals surface area contributed by atoms with Crippen LogP contribution in [0.4, 0.5) is 10.5 Å². The van der Waals surface area contributed by atoms with E-state index in [9.17, 15) is 4.79 Å². The van der Waals surface area contributed by atoms with Crippen molar-refractivity contribution in [1.29, 1.82) is 0 Å². The maximum Gasteiger partial charge on any atom is 0.319 e. The normalized spacial score (nSPS) is 26.9. The monoisotopic (exact) mass is 472 g/mol. The molecule has 1 saturated carbocycles. The molecule has 0 aliphatic heterocycles. The van der Waals surface area contributed by atoms with E-state index < -0.39 is 0 Å². The number of benzene rings is 2. The summed E-state index contributed by atoms with van der Waals surface area (Å²) < 4.78 is 0. The smallest absolute Gasteiger partial charge is 0.319 e.